The van der Waals surface area contributed by atoms with Crippen LogP contribution in [0.2, 0.25) is 0 Å². The van der Waals surface area contributed by atoms with E-state index in [2.05, 4.69) is 35.5 Å². The zero-order valence-corrected chi connectivity index (χ0v) is 20.0. The van der Waals surface area contributed by atoms with Crippen molar-refractivity contribution in [3.8, 4) is 33.8 Å². The molecule has 10 nitrogen and oxygen atoms in total. The minimum Gasteiger partial charge on any atom is -0.472 e. The van der Waals surface area contributed by atoms with Crippen LogP contribution in [0.15, 0.2) is 59.9 Å². The number of nitrogens with one attached hydrogen (secondary N) is 3. The maximum atomic E-state index is 16.0. The van der Waals surface area contributed by atoms with Gasteiger partial charge in [0.15, 0.2) is 17.1 Å². The summed E-state index contributed by atoms with van der Waals surface area (Å²) in [5.74, 6) is -0.193. The van der Waals surface area contributed by atoms with Crippen LogP contribution < -0.4 is 5.32 Å². The lowest BCUT2D eigenvalue weighted by Gasteiger charge is -2.11. The van der Waals surface area contributed by atoms with E-state index in [9.17, 15) is 4.79 Å². The standard InChI is InChI=1S/C27H21FN8O2/c28-21-19(16-9-17(11-29-10-16)32-27(37)14-3-1-2-4-14)12-31-24-20(21)23(35-36-24)26-33-22-18(15-6-8-38-13-15)5-7-30-25(22)34-26/h5-14H,1-4H2,(H,32,37)(H,30,33,34)(H,31,35,36). The molecule has 7 rings (SSSR count). The first-order valence-electron chi connectivity index (χ1n) is 12.3. The highest BCUT2D eigenvalue weighted by Gasteiger charge is 2.24. The average molecular weight is 509 g/mol. The van der Waals surface area contributed by atoms with E-state index in [4.69, 9.17) is 9.40 Å². The summed E-state index contributed by atoms with van der Waals surface area (Å²) in [6.45, 7) is 0. The summed E-state index contributed by atoms with van der Waals surface area (Å²) >= 11 is 0. The van der Waals surface area contributed by atoms with Gasteiger partial charge >= 0.3 is 0 Å². The molecule has 0 aromatic carbocycles. The number of pyridine rings is 3. The largest absolute Gasteiger partial charge is 0.472 e. The molecule has 1 aliphatic carbocycles. The van der Waals surface area contributed by atoms with E-state index in [-0.39, 0.29) is 34.1 Å². The molecule has 1 fully saturated rings. The lowest BCUT2D eigenvalue weighted by atomic mass is 10.1. The Labute approximate surface area is 214 Å². The van der Waals surface area contributed by atoms with Gasteiger partial charge in [-0.3, -0.25) is 14.9 Å². The van der Waals surface area contributed by atoms with E-state index >= 15 is 4.39 Å². The summed E-state index contributed by atoms with van der Waals surface area (Å²) in [5, 5.41) is 10.2. The molecular weight excluding hydrogens is 487 g/mol. The van der Waals surface area contributed by atoms with Gasteiger partial charge in [0, 0.05) is 46.8 Å². The van der Waals surface area contributed by atoms with Crippen molar-refractivity contribution >= 4 is 33.8 Å². The number of amides is 1. The molecule has 11 heteroatoms. The second-order valence-corrected chi connectivity index (χ2v) is 9.37. The molecule has 6 aromatic rings. The number of fused-ring (bicyclic) bond motifs is 2. The molecule has 6 heterocycles. The third-order valence-corrected chi connectivity index (χ3v) is 7.01. The number of hydrogen-bond donors (Lipinski definition) is 3. The van der Waals surface area contributed by atoms with Crippen LogP contribution in [0, 0.1) is 11.7 Å². The molecule has 3 N–H and O–H groups in total. The van der Waals surface area contributed by atoms with Crippen LogP contribution in [0.1, 0.15) is 25.7 Å². The summed E-state index contributed by atoms with van der Waals surface area (Å²) in [6, 6.07) is 5.38. The maximum Gasteiger partial charge on any atom is 0.227 e. The van der Waals surface area contributed by atoms with Crippen LogP contribution in [0.4, 0.5) is 10.1 Å². The lowest BCUT2D eigenvalue weighted by Crippen LogP contribution is -2.20. The number of halogens is 1. The summed E-state index contributed by atoms with van der Waals surface area (Å²) in [5.41, 5.74) is 4.62. The van der Waals surface area contributed by atoms with Gasteiger partial charge in [0.05, 0.1) is 29.8 Å². The number of hydrogen-bond acceptors (Lipinski definition) is 7. The first-order valence-corrected chi connectivity index (χ1v) is 12.3. The number of imidazole rings is 1. The van der Waals surface area contributed by atoms with Gasteiger partial charge in [-0.25, -0.2) is 19.3 Å². The predicted molar refractivity (Wildman–Crippen MR) is 138 cm³/mol. The van der Waals surface area contributed by atoms with Crippen molar-refractivity contribution in [1.29, 1.82) is 0 Å². The Bertz CT molecular complexity index is 1800. The first kappa shape index (κ1) is 22.3. The van der Waals surface area contributed by atoms with E-state index in [1.54, 1.807) is 37.2 Å². The van der Waals surface area contributed by atoms with E-state index in [1.165, 1.54) is 6.20 Å². The zero-order chi connectivity index (χ0) is 25.6. The fourth-order valence-electron chi connectivity index (χ4n) is 5.09. The molecule has 1 saturated carbocycles. The Morgan fingerprint density at radius 2 is 1.95 bits per heavy atom. The molecule has 38 heavy (non-hydrogen) atoms. The number of rotatable bonds is 5. The van der Waals surface area contributed by atoms with Crippen molar-refractivity contribution in [1.82, 2.24) is 35.1 Å². The lowest BCUT2D eigenvalue weighted by molar-refractivity contribution is -0.119. The number of carbonyl (C=O) groups excluding carboxylic acids is 1. The van der Waals surface area contributed by atoms with E-state index in [1.807, 2.05) is 12.1 Å². The average Bonchev–Trinajstić information content (AvgIpc) is 3.74. The van der Waals surface area contributed by atoms with E-state index in [0.29, 0.717) is 28.2 Å². The van der Waals surface area contributed by atoms with Crippen molar-refractivity contribution in [2.45, 2.75) is 25.7 Å². The minimum atomic E-state index is -0.525. The monoisotopic (exact) mass is 508 g/mol. The molecule has 0 unspecified atom stereocenters. The predicted octanol–water partition coefficient (Wildman–Crippen LogP) is 5.49. The smallest absolute Gasteiger partial charge is 0.227 e. The third kappa shape index (κ3) is 3.71. The zero-order valence-electron chi connectivity index (χ0n) is 20.0. The van der Waals surface area contributed by atoms with Crippen LogP contribution in [-0.2, 0) is 4.79 Å². The van der Waals surface area contributed by atoms with Crippen molar-refractivity contribution in [2.24, 2.45) is 5.92 Å². The SMILES string of the molecule is O=C(Nc1cncc(-c2cnc3[nH]nc(-c4nc5c(-c6ccoc6)ccnc5[nH]4)c3c2F)c1)C1CCCC1. The Morgan fingerprint density at radius 1 is 1.05 bits per heavy atom. The molecule has 0 bridgehead atoms. The molecule has 0 radical (unpaired) electrons. The van der Waals surface area contributed by atoms with Crippen LogP contribution in [0.5, 0.6) is 0 Å². The number of anilines is 1. The van der Waals surface area contributed by atoms with E-state index < -0.39 is 5.82 Å². The van der Waals surface area contributed by atoms with Gasteiger partial charge in [-0.2, -0.15) is 5.10 Å². The fourth-order valence-corrected chi connectivity index (χ4v) is 5.09. The van der Waals surface area contributed by atoms with Gasteiger partial charge in [-0.15, -0.1) is 0 Å². The minimum absolute atomic E-state index is 0.00854. The normalized spacial score (nSPS) is 14.0. The summed E-state index contributed by atoms with van der Waals surface area (Å²) in [6.07, 6.45) is 13.3. The number of carbonyl (C=O) groups is 1. The summed E-state index contributed by atoms with van der Waals surface area (Å²) in [4.78, 5) is 33.4. The van der Waals surface area contributed by atoms with Crippen LogP contribution in [0.3, 0.4) is 0 Å². The van der Waals surface area contributed by atoms with Gasteiger partial charge in [-0.1, -0.05) is 12.8 Å². The van der Waals surface area contributed by atoms with Gasteiger partial charge in [0.2, 0.25) is 5.91 Å². The molecule has 1 aliphatic rings. The van der Waals surface area contributed by atoms with Gasteiger partial charge < -0.3 is 14.7 Å². The van der Waals surface area contributed by atoms with Crippen LogP contribution in [-0.4, -0.2) is 41.0 Å². The topological polar surface area (TPSA) is 138 Å². The summed E-state index contributed by atoms with van der Waals surface area (Å²) < 4.78 is 21.3. The van der Waals surface area contributed by atoms with Crippen molar-refractivity contribution < 1.29 is 13.6 Å². The molecule has 0 saturated heterocycles. The second-order valence-electron chi connectivity index (χ2n) is 9.37. The molecule has 0 aliphatic heterocycles. The highest BCUT2D eigenvalue weighted by molar-refractivity contribution is 5.97. The molecule has 188 valence electrons. The van der Waals surface area contributed by atoms with Crippen LogP contribution >= 0.6 is 0 Å². The highest BCUT2D eigenvalue weighted by atomic mass is 19.1. The Balaban J connectivity index is 1.28. The van der Waals surface area contributed by atoms with Crippen molar-refractivity contribution in [3.63, 3.8) is 0 Å². The highest BCUT2D eigenvalue weighted by Crippen LogP contribution is 2.35. The van der Waals surface area contributed by atoms with E-state index in [0.717, 1.165) is 36.8 Å². The maximum absolute atomic E-state index is 16.0. The van der Waals surface area contributed by atoms with Crippen molar-refractivity contribution in [2.75, 3.05) is 5.32 Å². The molecular formula is C27H21FN8O2. The first-order chi connectivity index (χ1) is 18.7. The van der Waals surface area contributed by atoms with Crippen LogP contribution in [0.25, 0.3) is 56.0 Å². The molecule has 0 spiro atoms. The quantitative estimate of drug-likeness (QED) is 0.280. The number of H-pyrrole nitrogens is 2. The summed E-state index contributed by atoms with van der Waals surface area (Å²) in [7, 11) is 0. The number of aromatic amines is 2. The Hall–Kier alpha value is -4.93. The molecule has 0 atom stereocenters. The second kappa shape index (κ2) is 8.87. The molecule has 1 amide bonds. The Kier molecular flexibility index (Phi) is 5.20. The van der Waals surface area contributed by atoms with Crippen molar-refractivity contribution in [3.05, 3.63) is 61.3 Å². The molecule has 6 aromatic heterocycles. The number of furan rings is 1. The Morgan fingerprint density at radius 3 is 2.79 bits per heavy atom. The van der Waals surface area contributed by atoms with Gasteiger partial charge in [0.1, 0.15) is 17.0 Å². The fraction of sp³-hybridized carbons (Fsp3) is 0.185. The number of aromatic nitrogens is 7. The number of nitrogens with zero attached hydrogens (tertiary/aromatic N) is 5. The third-order valence-electron chi connectivity index (χ3n) is 7.01. The van der Waals surface area contributed by atoms with Gasteiger partial charge in [0.25, 0.3) is 0 Å². The van der Waals surface area contributed by atoms with Gasteiger partial charge in [-0.05, 0) is 31.0 Å².